The predicted octanol–water partition coefficient (Wildman–Crippen LogP) is 6.16. The van der Waals surface area contributed by atoms with Crippen LogP contribution < -0.4 is 4.74 Å². The molecule has 0 aromatic heterocycles. The van der Waals surface area contributed by atoms with Crippen LogP contribution in [0, 0.1) is 5.41 Å². The summed E-state index contributed by atoms with van der Waals surface area (Å²) < 4.78 is 16.9. The minimum atomic E-state index is -0.277. The molecule has 0 bridgehead atoms. The zero-order chi connectivity index (χ0) is 20.5. The van der Waals surface area contributed by atoms with Gasteiger partial charge in [-0.25, -0.2) is 0 Å². The molecule has 1 saturated carbocycles. The third-order valence-electron chi connectivity index (χ3n) is 6.23. The van der Waals surface area contributed by atoms with Gasteiger partial charge in [0.15, 0.2) is 0 Å². The highest BCUT2D eigenvalue weighted by Crippen LogP contribution is 2.45. The normalized spacial score (nSPS) is 19.4. The number of esters is 1. The number of rotatable bonds is 9. The van der Waals surface area contributed by atoms with Crippen molar-refractivity contribution in [1.29, 1.82) is 0 Å². The van der Waals surface area contributed by atoms with Gasteiger partial charge >= 0.3 is 5.97 Å². The van der Waals surface area contributed by atoms with E-state index in [1.54, 1.807) is 0 Å². The van der Waals surface area contributed by atoms with Gasteiger partial charge in [-0.1, -0.05) is 37.5 Å². The molecular formula is C25H36O4. The molecule has 2 aliphatic carbocycles. The fourth-order valence-electron chi connectivity index (χ4n) is 4.81. The summed E-state index contributed by atoms with van der Waals surface area (Å²) in [5.74, 6) is 0.636. The van der Waals surface area contributed by atoms with Gasteiger partial charge in [-0.05, 0) is 74.6 Å². The van der Waals surface area contributed by atoms with Crippen LogP contribution in [0.5, 0.6) is 5.75 Å². The van der Waals surface area contributed by atoms with E-state index in [-0.39, 0.29) is 18.5 Å². The maximum Gasteiger partial charge on any atom is 0.308 e. The third-order valence-corrected chi connectivity index (χ3v) is 6.23. The first-order valence-corrected chi connectivity index (χ1v) is 11.3. The first kappa shape index (κ1) is 21.9. The zero-order valence-corrected chi connectivity index (χ0v) is 18.1. The highest BCUT2D eigenvalue weighted by Gasteiger charge is 2.32. The minimum absolute atomic E-state index is 0.229. The van der Waals surface area contributed by atoms with Crippen molar-refractivity contribution in [3.05, 3.63) is 41.5 Å². The molecule has 0 radical (unpaired) electrons. The van der Waals surface area contributed by atoms with Crippen LogP contribution in [0.1, 0.15) is 83.3 Å². The number of hydrogen-bond acceptors (Lipinski definition) is 4. The smallest absolute Gasteiger partial charge is 0.308 e. The Bertz CT molecular complexity index is 671. The minimum Gasteiger partial charge on any atom is -0.489 e. The molecule has 160 valence electrons. The Labute approximate surface area is 175 Å². The fourth-order valence-corrected chi connectivity index (χ4v) is 4.81. The maximum absolute atomic E-state index is 11.8. The van der Waals surface area contributed by atoms with E-state index in [2.05, 4.69) is 6.08 Å². The molecule has 3 rings (SSSR count). The molecule has 1 atom stereocenters. The molecule has 0 amide bonds. The van der Waals surface area contributed by atoms with E-state index in [0.717, 1.165) is 17.7 Å². The fraction of sp³-hybridized carbons (Fsp3) is 0.640. The van der Waals surface area contributed by atoms with Gasteiger partial charge in [0.2, 0.25) is 0 Å². The van der Waals surface area contributed by atoms with Crippen LogP contribution >= 0.6 is 0 Å². The molecule has 0 aliphatic heterocycles. The Hall–Kier alpha value is -1.81. The molecule has 4 heteroatoms. The number of allylic oxidation sites excluding steroid dienone is 1. The highest BCUT2D eigenvalue weighted by molar-refractivity contribution is 5.70. The van der Waals surface area contributed by atoms with Gasteiger partial charge in [-0.2, -0.15) is 0 Å². The molecule has 0 heterocycles. The average Bonchev–Trinajstić information content (AvgIpc) is 2.73. The van der Waals surface area contributed by atoms with E-state index in [0.29, 0.717) is 25.2 Å². The molecule has 1 aromatic rings. The monoisotopic (exact) mass is 400 g/mol. The summed E-state index contributed by atoms with van der Waals surface area (Å²) in [6.07, 6.45) is 13.2. The van der Waals surface area contributed by atoms with Crippen LogP contribution in [0.4, 0.5) is 0 Å². The van der Waals surface area contributed by atoms with Gasteiger partial charge in [0, 0.05) is 6.61 Å². The summed E-state index contributed by atoms with van der Waals surface area (Å²) >= 11 is 0. The number of ether oxygens (including phenoxy) is 3. The van der Waals surface area contributed by atoms with E-state index in [9.17, 15) is 4.79 Å². The summed E-state index contributed by atoms with van der Waals surface area (Å²) in [6.45, 7) is 5.38. The lowest BCUT2D eigenvalue weighted by atomic mass is 9.67. The van der Waals surface area contributed by atoms with Crippen LogP contribution in [0.2, 0.25) is 0 Å². The van der Waals surface area contributed by atoms with Crippen molar-refractivity contribution < 1.29 is 19.0 Å². The molecule has 2 aliphatic rings. The lowest BCUT2D eigenvalue weighted by Crippen LogP contribution is -2.25. The number of carbonyl (C=O) groups is 1. The van der Waals surface area contributed by atoms with E-state index < -0.39 is 0 Å². The van der Waals surface area contributed by atoms with Crippen molar-refractivity contribution in [2.24, 2.45) is 5.41 Å². The van der Waals surface area contributed by atoms with Crippen molar-refractivity contribution >= 4 is 5.97 Å². The van der Waals surface area contributed by atoms with Crippen LogP contribution in [0.15, 0.2) is 35.9 Å². The summed E-state index contributed by atoms with van der Waals surface area (Å²) in [6, 6.07) is 7.94. The Morgan fingerprint density at radius 3 is 2.41 bits per heavy atom. The lowest BCUT2D eigenvalue weighted by molar-refractivity contribution is -0.146. The molecule has 1 fully saturated rings. The van der Waals surface area contributed by atoms with E-state index in [1.807, 2.05) is 38.1 Å². The molecule has 0 saturated heterocycles. The molecule has 4 nitrogen and oxygen atoms in total. The number of hydrogen-bond donors (Lipinski definition) is 0. The number of carbonyl (C=O) groups excluding carboxylic acids is 1. The summed E-state index contributed by atoms with van der Waals surface area (Å²) in [4.78, 5) is 11.8. The van der Waals surface area contributed by atoms with Gasteiger partial charge in [0.1, 0.15) is 12.4 Å². The largest absolute Gasteiger partial charge is 0.489 e. The summed E-state index contributed by atoms with van der Waals surface area (Å²) in [5.41, 5.74) is 2.89. The Morgan fingerprint density at radius 2 is 1.72 bits per heavy atom. The first-order valence-electron chi connectivity index (χ1n) is 11.3. The van der Waals surface area contributed by atoms with Crippen LogP contribution in [-0.4, -0.2) is 25.8 Å². The third kappa shape index (κ3) is 6.33. The van der Waals surface area contributed by atoms with Crippen LogP contribution in [-0.2, 0) is 14.3 Å². The van der Waals surface area contributed by atoms with Gasteiger partial charge in [0.25, 0.3) is 0 Å². The molecule has 1 aromatic carbocycles. The summed E-state index contributed by atoms with van der Waals surface area (Å²) in [7, 11) is 0. The van der Waals surface area contributed by atoms with Gasteiger partial charge in [0.05, 0.1) is 19.1 Å². The van der Waals surface area contributed by atoms with Crippen molar-refractivity contribution in [2.45, 2.75) is 77.7 Å². The van der Waals surface area contributed by atoms with E-state index in [4.69, 9.17) is 14.2 Å². The van der Waals surface area contributed by atoms with Crippen molar-refractivity contribution in [2.75, 3.05) is 19.8 Å². The quantitative estimate of drug-likeness (QED) is 0.368. The van der Waals surface area contributed by atoms with Crippen molar-refractivity contribution in [3.8, 4) is 5.75 Å². The SMILES string of the molecule is CCOC(=O)CC(OCC)c1ccc(OCC2=CC3(CCCCC3)CCC2)cc1. The summed E-state index contributed by atoms with van der Waals surface area (Å²) in [5, 5.41) is 0. The molecular weight excluding hydrogens is 364 g/mol. The van der Waals surface area contributed by atoms with E-state index >= 15 is 0 Å². The Kier molecular flexibility index (Phi) is 8.17. The predicted molar refractivity (Wildman–Crippen MR) is 115 cm³/mol. The zero-order valence-electron chi connectivity index (χ0n) is 18.1. The highest BCUT2D eigenvalue weighted by atomic mass is 16.5. The van der Waals surface area contributed by atoms with Gasteiger partial charge in [-0.3, -0.25) is 4.79 Å². The van der Waals surface area contributed by atoms with Gasteiger partial charge in [-0.15, -0.1) is 0 Å². The standard InChI is InChI=1S/C25H36O4/c1-3-27-23(17-24(26)28-4-2)21-10-12-22(13-11-21)29-19-20-9-8-16-25(18-20)14-6-5-7-15-25/h10-13,18,23H,3-9,14-17,19H2,1-2H3. The van der Waals surface area contributed by atoms with Gasteiger partial charge < -0.3 is 14.2 Å². The van der Waals surface area contributed by atoms with Crippen LogP contribution in [0.25, 0.3) is 0 Å². The topological polar surface area (TPSA) is 44.8 Å². The number of benzene rings is 1. The van der Waals surface area contributed by atoms with E-state index in [1.165, 1.54) is 50.5 Å². The Morgan fingerprint density at radius 1 is 1.00 bits per heavy atom. The molecule has 29 heavy (non-hydrogen) atoms. The Balaban J connectivity index is 1.57. The van der Waals surface area contributed by atoms with Crippen molar-refractivity contribution in [3.63, 3.8) is 0 Å². The second-order valence-corrected chi connectivity index (χ2v) is 8.39. The van der Waals surface area contributed by atoms with Crippen molar-refractivity contribution in [1.82, 2.24) is 0 Å². The second-order valence-electron chi connectivity index (χ2n) is 8.39. The molecule has 1 spiro atoms. The molecule has 0 N–H and O–H groups in total. The second kappa shape index (κ2) is 10.8. The van der Waals surface area contributed by atoms with Crippen LogP contribution in [0.3, 0.4) is 0 Å². The maximum atomic E-state index is 11.8. The molecule has 1 unspecified atom stereocenters. The average molecular weight is 401 g/mol. The lowest BCUT2D eigenvalue weighted by Gasteiger charge is -2.38. The first-order chi connectivity index (χ1) is 14.1.